The average molecular weight is 505 g/mol. The fraction of sp³-hybridized carbons (Fsp3) is 1.00. The summed E-state index contributed by atoms with van der Waals surface area (Å²) in [5.41, 5.74) is 0. The van der Waals surface area contributed by atoms with Gasteiger partial charge in [-0.25, -0.2) is 0 Å². The van der Waals surface area contributed by atoms with Crippen LogP contribution in [0.5, 0.6) is 0 Å². The second-order valence-corrected chi connectivity index (χ2v) is 4.31. The molecule has 162 valence electrons. The molecule has 0 aromatic rings. The van der Waals surface area contributed by atoms with Crippen molar-refractivity contribution in [3.8, 4) is 0 Å². The number of unbranched alkanes of at least 4 members (excludes halogenated alkanes) is 4. The van der Waals surface area contributed by atoms with E-state index in [0.29, 0.717) is 26.4 Å². The maximum absolute atomic E-state index is 8.07. The Hall–Kier alpha value is 1.88. The molecule has 0 bridgehead atoms. The third-order valence-electron chi connectivity index (χ3n) is 2.05. The molecule has 0 spiro atoms. The van der Waals surface area contributed by atoms with Crippen LogP contribution in [0, 0.1) is 0 Å². The normalized spacial score (nSPS) is 6.72. The molecule has 0 unspecified atom stereocenters. The fourth-order valence-electron chi connectivity index (χ4n) is 0.632. The molecule has 0 aliphatic carbocycles. The SMILES string of the molecule is CCCCO.CCCCO.CCCCO.CCCCO.[Cl-].[Cl-].[Cl-].[V].[V]. The molecular weight excluding hydrogens is 464 g/mol. The Morgan fingerprint density at radius 2 is 0.520 bits per heavy atom. The summed E-state index contributed by atoms with van der Waals surface area (Å²) < 4.78 is 0. The molecule has 0 aromatic heterocycles. The second kappa shape index (κ2) is 83.2. The van der Waals surface area contributed by atoms with Crippen molar-refractivity contribution >= 4 is 0 Å². The van der Waals surface area contributed by atoms with Gasteiger partial charge in [-0.05, 0) is 25.7 Å². The molecule has 0 aliphatic rings. The minimum Gasteiger partial charge on any atom is -1.00 e. The van der Waals surface area contributed by atoms with Crippen molar-refractivity contribution in [2.45, 2.75) is 79.1 Å². The summed E-state index contributed by atoms with van der Waals surface area (Å²) in [5.74, 6) is 0. The van der Waals surface area contributed by atoms with Crippen molar-refractivity contribution in [3.63, 3.8) is 0 Å². The molecule has 2 radical (unpaired) electrons. The molecule has 9 heteroatoms. The number of halogens is 3. The minimum absolute atomic E-state index is 0. The van der Waals surface area contributed by atoms with Gasteiger partial charge in [0.1, 0.15) is 0 Å². The monoisotopic (exact) mass is 503 g/mol. The van der Waals surface area contributed by atoms with Crippen LogP contribution in [0.2, 0.25) is 0 Å². The number of hydrogen-bond acceptors (Lipinski definition) is 4. The van der Waals surface area contributed by atoms with E-state index in [1.807, 2.05) is 0 Å². The summed E-state index contributed by atoms with van der Waals surface area (Å²) in [5, 5.41) is 32.3. The molecule has 0 aliphatic heterocycles. The van der Waals surface area contributed by atoms with Gasteiger partial charge in [-0.1, -0.05) is 53.4 Å². The Kier molecular flexibility index (Phi) is 187. The van der Waals surface area contributed by atoms with Crippen molar-refractivity contribution < 1.29 is 94.8 Å². The zero-order valence-corrected chi connectivity index (χ0v) is 21.4. The van der Waals surface area contributed by atoms with E-state index in [1.54, 1.807) is 0 Å². The smallest absolute Gasteiger partial charge is 0.0430 e. The van der Waals surface area contributed by atoms with Crippen LogP contribution in [0.1, 0.15) is 79.1 Å². The van der Waals surface area contributed by atoms with E-state index in [-0.39, 0.29) is 74.3 Å². The van der Waals surface area contributed by atoms with Gasteiger partial charge in [0, 0.05) is 63.5 Å². The summed E-state index contributed by atoms with van der Waals surface area (Å²) in [6.07, 6.45) is 8.15. The largest absolute Gasteiger partial charge is 1.00 e. The first-order valence-electron chi connectivity index (χ1n) is 8.09. The van der Waals surface area contributed by atoms with E-state index in [0.717, 1.165) is 51.4 Å². The van der Waals surface area contributed by atoms with Gasteiger partial charge in [0.05, 0.1) is 0 Å². The van der Waals surface area contributed by atoms with Crippen LogP contribution < -0.4 is 37.2 Å². The van der Waals surface area contributed by atoms with Gasteiger partial charge in [0.25, 0.3) is 0 Å². The van der Waals surface area contributed by atoms with Gasteiger partial charge in [-0.15, -0.1) is 0 Å². The standard InChI is InChI=1S/4C4H10O.3ClH.2V/c4*1-2-3-4-5;;;;;/h4*5H,2-4H2,1H3;3*1H;;/p-3. The molecule has 0 rings (SSSR count). The molecule has 0 amide bonds. The molecule has 0 saturated carbocycles. The van der Waals surface area contributed by atoms with Crippen LogP contribution in [0.3, 0.4) is 0 Å². The Balaban J connectivity index is -0.0000000183. The molecular formula is C16H40Cl3O4V2-3. The molecule has 25 heavy (non-hydrogen) atoms. The molecule has 0 heterocycles. The third-order valence-corrected chi connectivity index (χ3v) is 2.05. The van der Waals surface area contributed by atoms with E-state index >= 15 is 0 Å². The predicted octanol–water partition coefficient (Wildman–Crippen LogP) is -5.88. The van der Waals surface area contributed by atoms with Gasteiger partial charge >= 0.3 is 0 Å². The maximum Gasteiger partial charge on any atom is 0.0430 e. The molecule has 0 fully saturated rings. The quantitative estimate of drug-likeness (QED) is 0.266. The van der Waals surface area contributed by atoms with Gasteiger partial charge in [-0.3, -0.25) is 0 Å². The molecule has 0 saturated heterocycles. The van der Waals surface area contributed by atoms with E-state index in [1.165, 1.54) is 0 Å². The van der Waals surface area contributed by atoms with Crippen LogP contribution in [-0.4, -0.2) is 46.9 Å². The van der Waals surface area contributed by atoms with Gasteiger partial charge < -0.3 is 57.6 Å². The van der Waals surface area contributed by atoms with E-state index < -0.39 is 0 Å². The van der Waals surface area contributed by atoms with Crippen LogP contribution in [0.4, 0.5) is 0 Å². The first kappa shape index (κ1) is 56.3. The van der Waals surface area contributed by atoms with Crippen LogP contribution in [-0.2, 0) is 37.1 Å². The van der Waals surface area contributed by atoms with Crippen molar-refractivity contribution in [1.82, 2.24) is 0 Å². The topological polar surface area (TPSA) is 80.9 Å². The van der Waals surface area contributed by atoms with Gasteiger partial charge in [0.15, 0.2) is 0 Å². The average Bonchev–Trinajstić information content (AvgIpc) is 2.44. The number of aliphatic hydroxyl groups is 4. The Labute approximate surface area is 199 Å². The Morgan fingerprint density at radius 1 is 0.400 bits per heavy atom. The zero-order valence-electron chi connectivity index (χ0n) is 16.3. The van der Waals surface area contributed by atoms with E-state index in [4.69, 9.17) is 20.4 Å². The fourth-order valence-corrected chi connectivity index (χ4v) is 0.632. The van der Waals surface area contributed by atoms with E-state index in [2.05, 4.69) is 27.7 Å². The first-order chi connectivity index (χ1) is 9.66. The summed E-state index contributed by atoms with van der Waals surface area (Å²) in [6, 6.07) is 0. The Bertz CT molecular complexity index is 91.4. The zero-order chi connectivity index (χ0) is 16.5. The van der Waals surface area contributed by atoms with Gasteiger partial charge in [-0.2, -0.15) is 0 Å². The molecule has 0 atom stereocenters. The summed E-state index contributed by atoms with van der Waals surface area (Å²) >= 11 is 0. The van der Waals surface area contributed by atoms with Gasteiger partial charge in [0.2, 0.25) is 0 Å². The van der Waals surface area contributed by atoms with Crippen LogP contribution >= 0.6 is 0 Å². The molecule has 0 aromatic carbocycles. The predicted molar refractivity (Wildman–Crippen MR) is 88.0 cm³/mol. The van der Waals surface area contributed by atoms with E-state index in [9.17, 15) is 0 Å². The summed E-state index contributed by atoms with van der Waals surface area (Å²) in [7, 11) is 0. The summed E-state index contributed by atoms with van der Waals surface area (Å²) in [6.45, 7) is 9.58. The number of aliphatic hydroxyl groups excluding tert-OH is 4. The maximum atomic E-state index is 8.07. The second-order valence-electron chi connectivity index (χ2n) is 4.31. The summed E-state index contributed by atoms with van der Waals surface area (Å²) in [4.78, 5) is 0. The van der Waals surface area contributed by atoms with Crippen LogP contribution in [0.25, 0.3) is 0 Å². The number of rotatable bonds is 8. The van der Waals surface area contributed by atoms with Crippen molar-refractivity contribution in [2.24, 2.45) is 0 Å². The minimum atomic E-state index is 0. The Morgan fingerprint density at radius 3 is 0.520 bits per heavy atom. The van der Waals surface area contributed by atoms with Crippen molar-refractivity contribution in [1.29, 1.82) is 0 Å². The number of hydrogen-bond donors (Lipinski definition) is 4. The van der Waals surface area contributed by atoms with Crippen molar-refractivity contribution in [3.05, 3.63) is 0 Å². The van der Waals surface area contributed by atoms with Crippen molar-refractivity contribution in [2.75, 3.05) is 26.4 Å². The molecule has 4 N–H and O–H groups in total. The molecule has 4 nitrogen and oxygen atoms in total. The van der Waals surface area contributed by atoms with Crippen LogP contribution in [0.15, 0.2) is 0 Å². The first-order valence-corrected chi connectivity index (χ1v) is 8.09. The third kappa shape index (κ3) is 151.